The van der Waals surface area contributed by atoms with E-state index in [2.05, 4.69) is 15.9 Å². The number of hydrogen-bond acceptors (Lipinski definition) is 2. The Labute approximate surface area is 93.4 Å². The zero-order valence-corrected chi connectivity index (χ0v) is 10.1. The molecule has 0 N–H and O–H groups in total. The molecule has 1 atom stereocenters. The SMILES string of the molecule is CCOC(CBr)c1ccc(OC)cc1. The molecular formula is C11H15BrO2. The maximum Gasteiger partial charge on any atom is 0.118 e. The van der Waals surface area contributed by atoms with Gasteiger partial charge in [0.05, 0.1) is 13.2 Å². The second-order valence-corrected chi connectivity index (χ2v) is 3.52. The number of halogens is 1. The molecule has 14 heavy (non-hydrogen) atoms. The number of alkyl halides is 1. The van der Waals surface area contributed by atoms with Crippen LogP contribution in [-0.2, 0) is 4.74 Å². The Morgan fingerprint density at radius 2 is 1.93 bits per heavy atom. The lowest BCUT2D eigenvalue weighted by Gasteiger charge is -2.14. The van der Waals surface area contributed by atoms with Crippen LogP contribution in [0.25, 0.3) is 0 Å². The lowest BCUT2D eigenvalue weighted by Crippen LogP contribution is -2.05. The predicted molar refractivity (Wildman–Crippen MR) is 61.2 cm³/mol. The fourth-order valence-electron chi connectivity index (χ4n) is 1.25. The Kier molecular flexibility index (Phi) is 4.98. The molecule has 0 radical (unpaired) electrons. The minimum absolute atomic E-state index is 0.130. The van der Waals surface area contributed by atoms with E-state index >= 15 is 0 Å². The normalized spacial score (nSPS) is 12.5. The predicted octanol–water partition coefficient (Wildman–Crippen LogP) is 3.17. The largest absolute Gasteiger partial charge is 0.497 e. The van der Waals surface area contributed by atoms with Crippen LogP contribution < -0.4 is 4.74 Å². The molecule has 1 rings (SSSR count). The summed E-state index contributed by atoms with van der Waals surface area (Å²) < 4.78 is 10.7. The first-order valence-electron chi connectivity index (χ1n) is 4.63. The highest BCUT2D eigenvalue weighted by molar-refractivity contribution is 9.09. The van der Waals surface area contributed by atoms with Crippen LogP contribution in [0.3, 0.4) is 0 Å². The summed E-state index contributed by atoms with van der Waals surface area (Å²) in [5.41, 5.74) is 1.17. The first-order valence-corrected chi connectivity index (χ1v) is 5.75. The first-order chi connectivity index (χ1) is 6.81. The maximum absolute atomic E-state index is 5.56. The van der Waals surface area contributed by atoms with Gasteiger partial charge < -0.3 is 9.47 Å². The highest BCUT2D eigenvalue weighted by Crippen LogP contribution is 2.22. The summed E-state index contributed by atoms with van der Waals surface area (Å²) in [6.45, 7) is 2.72. The lowest BCUT2D eigenvalue weighted by atomic mass is 10.1. The van der Waals surface area contributed by atoms with Gasteiger partial charge >= 0.3 is 0 Å². The molecule has 0 heterocycles. The summed E-state index contributed by atoms with van der Waals surface area (Å²) in [4.78, 5) is 0. The van der Waals surface area contributed by atoms with Gasteiger partial charge in [-0.25, -0.2) is 0 Å². The van der Waals surface area contributed by atoms with Crippen LogP contribution in [0.15, 0.2) is 24.3 Å². The van der Waals surface area contributed by atoms with Crippen LogP contribution >= 0.6 is 15.9 Å². The highest BCUT2D eigenvalue weighted by atomic mass is 79.9. The fourth-order valence-corrected chi connectivity index (χ4v) is 1.81. The Hall–Kier alpha value is -0.540. The van der Waals surface area contributed by atoms with E-state index in [1.807, 2.05) is 31.2 Å². The molecule has 1 aromatic carbocycles. The summed E-state index contributed by atoms with van der Waals surface area (Å²) in [6.07, 6.45) is 0.130. The number of benzene rings is 1. The van der Waals surface area contributed by atoms with Gasteiger partial charge in [-0.2, -0.15) is 0 Å². The second kappa shape index (κ2) is 6.04. The van der Waals surface area contributed by atoms with Crippen molar-refractivity contribution in [2.45, 2.75) is 13.0 Å². The van der Waals surface area contributed by atoms with Crippen LogP contribution in [-0.4, -0.2) is 19.0 Å². The van der Waals surface area contributed by atoms with Crippen LogP contribution in [0.1, 0.15) is 18.6 Å². The molecule has 1 unspecified atom stereocenters. The van der Waals surface area contributed by atoms with Gasteiger partial charge in [0, 0.05) is 11.9 Å². The minimum Gasteiger partial charge on any atom is -0.497 e. The van der Waals surface area contributed by atoms with Gasteiger partial charge in [-0.3, -0.25) is 0 Å². The number of methoxy groups -OCH3 is 1. The topological polar surface area (TPSA) is 18.5 Å². The smallest absolute Gasteiger partial charge is 0.118 e. The molecule has 0 aliphatic carbocycles. The van der Waals surface area contributed by atoms with Crippen molar-refractivity contribution in [2.75, 3.05) is 19.0 Å². The number of ether oxygens (including phenoxy) is 2. The van der Waals surface area contributed by atoms with E-state index in [0.29, 0.717) is 0 Å². The van der Waals surface area contributed by atoms with E-state index < -0.39 is 0 Å². The van der Waals surface area contributed by atoms with Crippen molar-refractivity contribution >= 4 is 15.9 Å². The van der Waals surface area contributed by atoms with Gasteiger partial charge in [0.25, 0.3) is 0 Å². The molecule has 0 amide bonds. The standard InChI is InChI=1S/C11H15BrO2/c1-3-14-11(8-12)9-4-6-10(13-2)7-5-9/h4-7,11H,3,8H2,1-2H3. The van der Waals surface area contributed by atoms with Crippen LogP contribution in [0.5, 0.6) is 5.75 Å². The van der Waals surface area contributed by atoms with Crippen LogP contribution in [0, 0.1) is 0 Å². The highest BCUT2D eigenvalue weighted by Gasteiger charge is 2.08. The van der Waals surface area contributed by atoms with Crippen molar-refractivity contribution in [2.24, 2.45) is 0 Å². The van der Waals surface area contributed by atoms with Gasteiger partial charge in [0.1, 0.15) is 5.75 Å². The Morgan fingerprint density at radius 3 is 2.36 bits per heavy atom. The van der Waals surface area contributed by atoms with Crippen molar-refractivity contribution in [1.29, 1.82) is 0 Å². The molecule has 0 spiro atoms. The van der Waals surface area contributed by atoms with Crippen molar-refractivity contribution in [3.05, 3.63) is 29.8 Å². The van der Waals surface area contributed by atoms with Gasteiger partial charge in [-0.1, -0.05) is 28.1 Å². The molecule has 0 saturated heterocycles. The third kappa shape index (κ3) is 3.00. The molecule has 0 aliphatic heterocycles. The summed E-state index contributed by atoms with van der Waals surface area (Å²) >= 11 is 3.43. The average molecular weight is 259 g/mol. The van der Waals surface area contributed by atoms with Crippen LogP contribution in [0.4, 0.5) is 0 Å². The fraction of sp³-hybridized carbons (Fsp3) is 0.455. The Balaban J connectivity index is 2.73. The molecule has 0 saturated carbocycles. The third-order valence-electron chi connectivity index (χ3n) is 2.00. The van der Waals surface area contributed by atoms with Gasteiger partial charge in [0.2, 0.25) is 0 Å². The van der Waals surface area contributed by atoms with E-state index in [-0.39, 0.29) is 6.10 Å². The summed E-state index contributed by atoms with van der Waals surface area (Å²) in [5, 5.41) is 0.813. The molecule has 78 valence electrons. The number of hydrogen-bond donors (Lipinski definition) is 0. The zero-order valence-electron chi connectivity index (χ0n) is 8.50. The van der Waals surface area contributed by atoms with Crippen molar-refractivity contribution in [1.82, 2.24) is 0 Å². The van der Waals surface area contributed by atoms with E-state index in [4.69, 9.17) is 9.47 Å². The van der Waals surface area contributed by atoms with E-state index in [1.165, 1.54) is 5.56 Å². The molecule has 0 bridgehead atoms. The molecule has 2 nitrogen and oxygen atoms in total. The van der Waals surface area contributed by atoms with E-state index in [1.54, 1.807) is 7.11 Å². The summed E-state index contributed by atoms with van der Waals surface area (Å²) in [7, 11) is 1.67. The Morgan fingerprint density at radius 1 is 1.29 bits per heavy atom. The molecule has 0 aliphatic rings. The summed E-state index contributed by atoms with van der Waals surface area (Å²) in [6, 6.07) is 7.95. The molecule has 0 fully saturated rings. The first kappa shape index (κ1) is 11.5. The third-order valence-corrected chi connectivity index (χ3v) is 2.58. The monoisotopic (exact) mass is 258 g/mol. The average Bonchev–Trinajstić information content (AvgIpc) is 2.26. The molecule has 0 aromatic heterocycles. The van der Waals surface area contributed by atoms with E-state index in [9.17, 15) is 0 Å². The van der Waals surface area contributed by atoms with Gasteiger partial charge in [0.15, 0.2) is 0 Å². The zero-order chi connectivity index (χ0) is 10.4. The van der Waals surface area contributed by atoms with Crippen molar-refractivity contribution in [3.63, 3.8) is 0 Å². The minimum atomic E-state index is 0.130. The lowest BCUT2D eigenvalue weighted by molar-refractivity contribution is 0.0806. The maximum atomic E-state index is 5.56. The second-order valence-electron chi connectivity index (χ2n) is 2.87. The van der Waals surface area contributed by atoms with Crippen LogP contribution in [0.2, 0.25) is 0 Å². The number of rotatable bonds is 5. The molecular weight excluding hydrogens is 244 g/mol. The quantitative estimate of drug-likeness (QED) is 0.756. The van der Waals surface area contributed by atoms with Gasteiger partial charge in [-0.05, 0) is 24.6 Å². The molecule has 1 aromatic rings. The van der Waals surface area contributed by atoms with E-state index in [0.717, 1.165) is 17.7 Å². The van der Waals surface area contributed by atoms with Crippen molar-refractivity contribution in [3.8, 4) is 5.75 Å². The molecule has 3 heteroatoms. The summed E-state index contributed by atoms with van der Waals surface area (Å²) in [5.74, 6) is 0.874. The van der Waals surface area contributed by atoms with Gasteiger partial charge in [-0.15, -0.1) is 0 Å². The van der Waals surface area contributed by atoms with Crippen molar-refractivity contribution < 1.29 is 9.47 Å². The Bertz CT molecular complexity index is 258.